The zero-order valence-corrected chi connectivity index (χ0v) is 10.6. The van der Waals surface area contributed by atoms with Gasteiger partial charge in [-0.2, -0.15) is 0 Å². The molecule has 1 fully saturated rings. The van der Waals surface area contributed by atoms with Crippen LogP contribution in [0, 0.1) is 0 Å². The average Bonchev–Trinajstić information content (AvgIpc) is 2.31. The molecule has 0 bridgehead atoms. The Bertz CT molecular complexity index is 135. The van der Waals surface area contributed by atoms with Gasteiger partial charge in [-0.25, -0.2) is 0 Å². The van der Waals surface area contributed by atoms with Crippen LogP contribution >= 0.6 is 16.5 Å². The van der Waals surface area contributed by atoms with E-state index in [4.69, 9.17) is 28.7 Å². The zero-order valence-electron chi connectivity index (χ0n) is 8.56. The molecule has 0 radical (unpaired) electrons. The van der Waals surface area contributed by atoms with Gasteiger partial charge < -0.3 is 19.6 Å². The summed E-state index contributed by atoms with van der Waals surface area (Å²) in [5, 5.41) is 0. The predicted octanol–water partition coefficient (Wildman–Crippen LogP) is 1.45. The molecular weight excluding hydrogens is 242 g/mol. The van der Waals surface area contributed by atoms with E-state index in [1.165, 1.54) is 44.9 Å². The smallest absolute Gasteiger partial charge is 0.314 e. The summed E-state index contributed by atoms with van der Waals surface area (Å²) in [5.74, 6) is 0. The SMILES string of the molecule is C1CCCCCC1.O=[PH](O)O.O=[PH](O)O. The number of rotatable bonds is 0. The van der Waals surface area contributed by atoms with Crippen molar-refractivity contribution in [3.8, 4) is 0 Å². The highest BCUT2D eigenvalue weighted by molar-refractivity contribution is 7.31. The topological polar surface area (TPSA) is 115 Å². The maximum atomic E-state index is 8.74. The third-order valence-corrected chi connectivity index (χ3v) is 1.75. The van der Waals surface area contributed by atoms with Crippen molar-refractivity contribution in [3.63, 3.8) is 0 Å². The lowest BCUT2D eigenvalue weighted by Crippen LogP contribution is -1.66. The van der Waals surface area contributed by atoms with E-state index in [9.17, 15) is 0 Å². The molecule has 1 rings (SSSR count). The van der Waals surface area contributed by atoms with Gasteiger partial charge in [0, 0.05) is 0 Å². The van der Waals surface area contributed by atoms with E-state index in [-0.39, 0.29) is 0 Å². The highest BCUT2D eigenvalue weighted by atomic mass is 31.1. The van der Waals surface area contributed by atoms with Crippen LogP contribution in [0.2, 0.25) is 0 Å². The second-order valence-electron chi connectivity index (χ2n) is 3.04. The predicted molar refractivity (Wildman–Crippen MR) is 59.2 cm³/mol. The van der Waals surface area contributed by atoms with Gasteiger partial charge >= 0.3 is 16.5 Å². The van der Waals surface area contributed by atoms with Crippen LogP contribution in [-0.4, -0.2) is 19.6 Å². The van der Waals surface area contributed by atoms with Crippen molar-refractivity contribution in [1.82, 2.24) is 0 Å². The third kappa shape index (κ3) is 40.6. The molecule has 8 heteroatoms. The van der Waals surface area contributed by atoms with Crippen molar-refractivity contribution >= 4 is 16.5 Å². The lowest BCUT2D eigenvalue weighted by atomic mass is 10.2. The van der Waals surface area contributed by atoms with E-state index in [0.29, 0.717) is 0 Å². The molecule has 6 nitrogen and oxygen atoms in total. The normalized spacial score (nSPS) is 15.9. The molecule has 0 unspecified atom stereocenters. The lowest BCUT2D eigenvalue weighted by molar-refractivity contribution is 0.403. The highest BCUT2D eigenvalue weighted by Crippen LogP contribution is 2.15. The second kappa shape index (κ2) is 14.3. The van der Waals surface area contributed by atoms with E-state index in [0.717, 1.165) is 0 Å². The summed E-state index contributed by atoms with van der Waals surface area (Å²) in [6.45, 7) is 0. The van der Waals surface area contributed by atoms with Crippen LogP contribution < -0.4 is 0 Å². The first-order valence-electron chi connectivity index (χ1n) is 4.80. The standard InChI is InChI=1S/C7H14.2H3O3P/c1-2-4-6-7-5-3-1;2*1-4(2)3/h1-7H2;2*4H,(H2,1,2,3). The van der Waals surface area contributed by atoms with Gasteiger partial charge in [0.25, 0.3) is 0 Å². The molecule has 4 N–H and O–H groups in total. The molecule has 1 aliphatic rings. The maximum Gasteiger partial charge on any atom is 0.314 e. The molecule has 94 valence electrons. The Morgan fingerprint density at radius 1 is 0.533 bits per heavy atom. The van der Waals surface area contributed by atoms with Crippen LogP contribution in [0.1, 0.15) is 44.9 Å². The van der Waals surface area contributed by atoms with E-state index in [2.05, 4.69) is 0 Å². The van der Waals surface area contributed by atoms with Gasteiger partial charge in [-0.3, -0.25) is 9.13 Å². The molecule has 0 atom stereocenters. The molecule has 15 heavy (non-hydrogen) atoms. The summed E-state index contributed by atoms with van der Waals surface area (Å²) in [4.78, 5) is 28.6. The summed E-state index contributed by atoms with van der Waals surface area (Å²) in [6, 6.07) is 0. The molecule has 0 amide bonds. The number of hydrogen-bond acceptors (Lipinski definition) is 2. The summed E-state index contributed by atoms with van der Waals surface area (Å²) < 4.78 is 17.5. The molecular formula is C7H20O6P2. The number of hydrogen-bond donors (Lipinski definition) is 4. The fourth-order valence-corrected chi connectivity index (χ4v) is 1.24. The van der Waals surface area contributed by atoms with Crippen LogP contribution in [0.15, 0.2) is 0 Å². The quantitative estimate of drug-likeness (QED) is 0.388. The zero-order chi connectivity index (χ0) is 12.1. The fourth-order valence-electron chi connectivity index (χ4n) is 1.24. The van der Waals surface area contributed by atoms with Crippen molar-refractivity contribution < 1.29 is 28.7 Å². The molecule has 1 saturated carbocycles. The van der Waals surface area contributed by atoms with Crippen LogP contribution in [0.5, 0.6) is 0 Å². The van der Waals surface area contributed by atoms with Gasteiger partial charge in [0.2, 0.25) is 0 Å². The van der Waals surface area contributed by atoms with Crippen LogP contribution in [0.4, 0.5) is 0 Å². The minimum atomic E-state index is -3.13. The average molecular weight is 262 g/mol. The molecule has 0 aliphatic heterocycles. The van der Waals surface area contributed by atoms with Crippen LogP contribution in [-0.2, 0) is 9.13 Å². The lowest BCUT2D eigenvalue weighted by Gasteiger charge is -1.85. The van der Waals surface area contributed by atoms with Crippen molar-refractivity contribution in [1.29, 1.82) is 0 Å². The summed E-state index contributed by atoms with van der Waals surface area (Å²) in [7, 11) is -6.26. The molecule has 0 saturated heterocycles. The Hall–Kier alpha value is 0.300. The maximum absolute atomic E-state index is 8.74. The first-order valence-corrected chi connectivity index (χ1v) is 7.41. The molecule has 1 aliphatic carbocycles. The fraction of sp³-hybridized carbons (Fsp3) is 1.00. The van der Waals surface area contributed by atoms with Gasteiger partial charge in [0.15, 0.2) is 0 Å². The Balaban J connectivity index is 0. The summed E-state index contributed by atoms with van der Waals surface area (Å²) in [5.41, 5.74) is 0. The van der Waals surface area contributed by atoms with E-state index in [1.54, 1.807) is 0 Å². The van der Waals surface area contributed by atoms with Gasteiger partial charge in [-0.15, -0.1) is 0 Å². The Morgan fingerprint density at radius 3 is 0.667 bits per heavy atom. The van der Waals surface area contributed by atoms with Gasteiger partial charge in [0.1, 0.15) is 0 Å². The van der Waals surface area contributed by atoms with Crippen LogP contribution in [0.25, 0.3) is 0 Å². The first kappa shape index (κ1) is 17.7. The second-order valence-corrected chi connectivity index (χ2v) is 4.17. The molecule has 0 aromatic rings. The van der Waals surface area contributed by atoms with E-state index in [1.807, 2.05) is 0 Å². The Morgan fingerprint density at radius 2 is 0.600 bits per heavy atom. The highest BCUT2D eigenvalue weighted by Gasteiger charge is 1.95. The van der Waals surface area contributed by atoms with E-state index < -0.39 is 16.5 Å². The first-order chi connectivity index (χ1) is 6.96. The summed E-state index contributed by atoms with van der Waals surface area (Å²) >= 11 is 0. The largest absolute Gasteiger partial charge is 0.326 e. The minimum Gasteiger partial charge on any atom is -0.326 e. The van der Waals surface area contributed by atoms with Crippen molar-refractivity contribution in [2.24, 2.45) is 0 Å². The van der Waals surface area contributed by atoms with Crippen molar-refractivity contribution in [3.05, 3.63) is 0 Å². The molecule has 0 heterocycles. The van der Waals surface area contributed by atoms with Gasteiger partial charge in [-0.05, 0) is 0 Å². The molecule has 0 spiro atoms. The van der Waals surface area contributed by atoms with Crippen LogP contribution in [0.3, 0.4) is 0 Å². The molecule has 0 aromatic carbocycles. The van der Waals surface area contributed by atoms with Crippen molar-refractivity contribution in [2.75, 3.05) is 0 Å². The minimum absolute atomic E-state index is 1.50. The third-order valence-electron chi connectivity index (χ3n) is 1.75. The monoisotopic (exact) mass is 262 g/mol. The van der Waals surface area contributed by atoms with E-state index >= 15 is 0 Å². The Kier molecular flexibility index (Phi) is 16.9. The molecule has 0 aromatic heterocycles. The summed E-state index contributed by atoms with van der Waals surface area (Å²) in [6.07, 6.45) is 10.5. The van der Waals surface area contributed by atoms with Gasteiger partial charge in [0.05, 0.1) is 0 Å². The van der Waals surface area contributed by atoms with Gasteiger partial charge in [-0.1, -0.05) is 44.9 Å². The Labute approximate surface area is 90.9 Å². The van der Waals surface area contributed by atoms with Crippen molar-refractivity contribution in [2.45, 2.75) is 44.9 Å².